The first-order valence-corrected chi connectivity index (χ1v) is 33.7. The molecule has 15 rings (SSSR count). The fraction of sp³-hybridized carbons (Fsp3) is 0.415. The minimum Gasteiger partial charge on any atom is -0.456 e. The second kappa shape index (κ2) is 22.6. The maximum absolute atomic E-state index is 15.5. The van der Waals surface area contributed by atoms with Gasteiger partial charge in [-0.1, -0.05) is 144 Å². The average molecular weight is 1160 g/mol. The maximum Gasteiger partial charge on any atom is 0.137 e. The number of aryl methyl sites for hydroxylation is 2. The van der Waals surface area contributed by atoms with E-state index in [4.69, 9.17) is 4.42 Å². The summed E-state index contributed by atoms with van der Waals surface area (Å²) >= 11 is 0. The first-order chi connectivity index (χ1) is 42.5. The molecular weight excluding hydrogens is 1070 g/mol. The summed E-state index contributed by atoms with van der Waals surface area (Å²) in [6.45, 7) is 18.1. The summed E-state index contributed by atoms with van der Waals surface area (Å²) in [7, 11) is 0. The number of rotatable bonds is 12. The van der Waals surface area contributed by atoms with E-state index in [-0.39, 0.29) is 34.6 Å². The summed E-state index contributed by atoms with van der Waals surface area (Å²) < 4.78 is 38.2. The third-order valence-corrected chi connectivity index (χ3v) is 23.7. The number of benzene rings is 3. The van der Waals surface area contributed by atoms with E-state index in [1.165, 1.54) is 40.0 Å². The highest BCUT2D eigenvalue weighted by molar-refractivity contribution is 6.17. The molecule has 0 aliphatic heterocycles. The molecule has 1 heterocycles. The van der Waals surface area contributed by atoms with Gasteiger partial charge in [-0.25, -0.2) is 8.78 Å². The van der Waals surface area contributed by atoms with Gasteiger partial charge in [0.05, 0.1) is 28.5 Å². The van der Waals surface area contributed by atoms with Gasteiger partial charge in [0.1, 0.15) is 22.8 Å². The number of hydrogen-bond acceptors (Lipinski definition) is 3. The van der Waals surface area contributed by atoms with Gasteiger partial charge in [-0.3, -0.25) is 0 Å². The van der Waals surface area contributed by atoms with Crippen LogP contribution in [0.4, 0.5) is 20.2 Å². The van der Waals surface area contributed by atoms with Crippen molar-refractivity contribution in [3.05, 3.63) is 250 Å². The van der Waals surface area contributed by atoms with E-state index in [0.29, 0.717) is 66.6 Å². The number of anilines is 2. The van der Waals surface area contributed by atoms with Gasteiger partial charge in [-0.2, -0.15) is 0 Å². The average Bonchev–Trinajstić information content (AvgIpc) is 1.63. The molecule has 1 aromatic heterocycles. The minimum absolute atomic E-state index is 0.0227. The second-order valence-electron chi connectivity index (χ2n) is 28.2. The molecule has 4 aromatic rings. The van der Waals surface area contributed by atoms with Crippen LogP contribution in [0.25, 0.3) is 21.9 Å². The van der Waals surface area contributed by atoms with E-state index in [1.54, 1.807) is 46.1 Å². The molecule has 0 bridgehead atoms. The first-order valence-electron chi connectivity index (χ1n) is 33.7. The summed E-state index contributed by atoms with van der Waals surface area (Å²) in [4.78, 5) is 5.23. The Morgan fingerprint density at radius 3 is 2.06 bits per heavy atom. The third-order valence-electron chi connectivity index (χ3n) is 23.7. The molecule has 11 aliphatic carbocycles. The Bertz CT molecular complexity index is 3940. The van der Waals surface area contributed by atoms with Gasteiger partial charge >= 0.3 is 0 Å². The zero-order chi connectivity index (χ0) is 59.3. The summed E-state index contributed by atoms with van der Waals surface area (Å²) in [5.41, 5.74) is 21.1. The number of nitrogens with zero attached hydrogens (tertiary/aromatic N) is 2. The number of halogens is 2. The van der Waals surface area contributed by atoms with Gasteiger partial charge in [-0.05, 0) is 242 Å². The van der Waals surface area contributed by atoms with Gasteiger partial charge in [0.15, 0.2) is 0 Å². The lowest BCUT2D eigenvalue weighted by Crippen LogP contribution is -2.48. The Hall–Kier alpha value is -6.98. The molecule has 0 amide bonds. The molecule has 0 radical (unpaired) electrons. The quantitative estimate of drug-likeness (QED) is 0.132. The lowest BCUT2D eigenvalue weighted by Gasteiger charge is -2.53. The van der Waals surface area contributed by atoms with Crippen LogP contribution in [-0.2, 0) is 5.41 Å². The monoisotopic (exact) mass is 1150 g/mol. The Morgan fingerprint density at radius 1 is 0.632 bits per heavy atom. The van der Waals surface area contributed by atoms with E-state index in [0.717, 1.165) is 129 Å². The second-order valence-corrected chi connectivity index (χ2v) is 28.2. The van der Waals surface area contributed by atoms with E-state index in [2.05, 4.69) is 190 Å². The van der Waals surface area contributed by atoms with Crippen LogP contribution in [0.3, 0.4) is 0 Å². The van der Waals surface area contributed by atoms with Crippen molar-refractivity contribution in [2.24, 2.45) is 52.8 Å². The van der Waals surface area contributed by atoms with Gasteiger partial charge in [0.25, 0.3) is 0 Å². The molecule has 0 spiro atoms. The summed E-state index contributed by atoms with van der Waals surface area (Å²) in [6.07, 6.45) is 57.0. The molecule has 0 saturated carbocycles. The van der Waals surface area contributed by atoms with Crippen molar-refractivity contribution in [3.63, 3.8) is 0 Å². The third kappa shape index (κ3) is 9.10. The molecule has 0 N–H and O–H groups in total. The van der Waals surface area contributed by atoms with Crippen molar-refractivity contribution in [2.75, 3.05) is 9.80 Å². The van der Waals surface area contributed by atoms with Gasteiger partial charge in [-0.15, -0.1) is 13.2 Å². The predicted molar refractivity (Wildman–Crippen MR) is 358 cm³/mol. The first kappa shape index (κ1) is 56.5. The van der Waals surface area contributed by atoms with Crippen molar-refractivity contribution >= 4 is 33.3 Å². The van der Waals surface area contributed by atoms with Crippen molar-refractivity contribution in [3.8, 4) is 0 Å². The SMILES string of the molecule is C=CC1CC=C(C2(c3cc(C)ccc3C)C3=C(CCC(N(C4=CC=C(F)CC4)c4cccc5oc6cccc(N(C7C=CC(F)=CC7)C7C=CC8=C(C7)C(C7=CCC(C=C)CC7)(C7CC(C)=CCC7C)C7CCC=CC87)c6c45)=C3)C3C=CCCC32)CC1. The molecular formula is C82H88F2N2O. The molecule has 0 fully saturated rings. The van der Waals surface area contributed by atoms with Crippen LogP contribution in [0, 0.1) is 66.6 Å². The van der Waals surface area contributed by atoms with Gasteiger partial charge in [0.2, 0.25) is 0 Å². The lowest BCUT2D eigenvalue weighted by molar-refractivity contribution is 0.0877. The number of hydrogen-bond donors (Lipinski definition) is 0. The van der Waals surface area contributed by atoms with Gasteiger partial charge < -0.3 is 14.2 Å². The molecule has 3 nitrogen and oxygen atoms in total. The highest BCUT2D eigenvalue weighted by Gasteiger charge is 2.61. The highest BCUT2D eigenvalue weighted by atomic mass is 19.1. The zero-order valence-corrected chi connectivity index (χ0v) is 52.0. The summed E-state index contributed by atoms with van der Waals surface area (Å²) in [5, 5.41) is 2.14. The van der Waals surface area contributed by atoms with Crippen molar-refractivity contribution < 1.29 is 13.2 Å². The fourth-order valence-corrected chi connectivity index (χ4v) is 19.8. The molecule has 0 saturated heterocycles. The Morgan fingerprint density at radius 2 is 1.34 bits per heavy atom. The predicted octanol–water partition coefficient (Wildman–Crippen LogP) is 22.1. The Kier molecular flexibility index (Phi) is 14.7. The number of fused-ring (bicyclic) bond motifs is 7. The van der Waals surface area contributed by atoms with Crippen LogP contribution in [0.1, 0.15) is 146 Å². The van der Waals surface area contributed by atoms with Crippen LogP contribution >= 0.6 is 0 Å². The van der Waals surface area contributed by atoms with E-state index in [9.17, 15) is 0 Å². The van der Waals surface area contributed by atoms with E-state index in [1.807, 2.05) is 0 Å². The zero-order valence-electron chi connectivity index (χ0n) is 52.0. The van der Waals surface area contributed by atoms with E-state index < -0.39 is 0 Å². The minimum atomic E-state index is -0.291. The normalized spacial score (nSPS) is 32.7. The molecule has 3 aromatic carbocycles. The van der Waals surface area contributed by atoms with Crippen LogP contribution in [0.5, 0.6) is 0 Å². The Balaban J connectivity index is 0.918. The lowest BCUT2D eigenvalue weighted by atomic mass is 9.51. The largest absolute Gasteiger partial charge is 0.456 e. The molecule has 12 unspecified atom stereocenters. The van der Waals surface area contributed by atoms with Crippen molar-refractivity contribution in [1.82, 2.24) is 0 Å². The highest BCUT2D eigenvalue weighted by Crippen LogP contribution is 2.69. The molecule has 11 aliphatic rings. The summed E-state index contributed by atoms with van der Waals surface area (Å²) in [5.74, 6) is 3.46. The Labute approximate surface area is 516 Å². The van der Waals surface area contributed by atoms with Crippen LogP contribution < -0.4 is 9.80 Å². The maximum atomic E-state index is 15.5. The molecule has 87 heavy (non-hydrogen) atoms. The fourth-order valence-electron chi connectivity index (χ4n) is 19.8. The van der Waals surface area contributed by atoms with Crippen LogP contribution in [0.2, 0.25) is 0 Å². The summed E-state index contributed by atoms with van der Waals surface area (Å²) in [6, 6.07) is 20.3. The van der Waals surface area contributed by atoms with Crippen molar-refractivity contribution in [1.29, 1.82) is 0 Å². The molecule has 5 heteroatoms. The standard InChI is InChI=1S/C82H88F2N2O/c1-7-55-27-31-57(32-28-55)81(71-47-51(3)23-25-53(71)5)69-17-11-9-15-65(69)67-45-43-63(49-73(67)81)85(61-39-35-59(83)36-40-61)75-19-13-21-77-79(75)80-76(20-14-22-78(80)87-77)86(62-41-37-60(84)38-42-62)64-44-46-68-66-16-10-12-18-70(66)82(74(68)50-64,58-33-29-56(8-2)30-34-58)72-48-52(4)24-26-54(72)6/h7-10,13-16,19-25,31,33,35,37-39,41,44,46-47,49,54-56,62,64-66,69-70,72H,1-2,11-12,17-18,26-30,32,34,36,40,42-43,45,48,50H2,3-6H3. The number of allylic oxidation sites excluding steroid dienone is 24. The van der Waals surface area contributed by atoms with E-state index >= 15 is 8.78 Å². The van der Waals surface area contributed by atoms with Crippen LogP contribution in [0.15, 0.2) is 238 Å². The number of furan rings is 1. The smallest absolute Gasteiger partial charge is 0.137 e. The topological polar surface area (TPSA) is 19.6 Å². The van der Waals surface area contributed by atoms with Crippen molar-refractivity contribution in [2.45, 2.75) is 161 Å². The molecule has 12 atom stereocenters. The molecule has 446 valence electrons. The van der Waals surface area contributed by atoms with Crippen LogP contribution in [-0.4, -0.2) is 12.1 Å². The van der Waals surface area contributed by atoms with Gasteiger partial charge in [0, 0.05) is 46.2 Å².